The van der Waals surface area contributed by atoms with Crippen molar-refractivity contribution in [1.82, 2.24) is 5.32 Å². The molecule has 100 valence electrons. The number of amides is 1. The van der Waals surface area contributed by atoms with E-state index in [1.54, 1.807) is 24.3 Å². The quantitative estimate of drug-likeness (QED) is 0.853. The van der Waals surface area contributed by atoms with E-state index < -0.39 is 0 Å². The van der Waals surface area contributed by atoms with Crippen LogP contribution in [0.15, 0.2) is 24.3 Å². The van der Waals surface area contributed by atoms with Gasteiger partial charge in [-0.05, 0) is 50.2 Å². The van der Waals surface area contributed by atoms with Gasteiger partial charge in [0.25, 0.3) is 0 Å². The first-order chi connectivity index (χ1) is 9.28. The van der Waals surface area contributed by atoms with Crippen LogP contribution >= 0.6 is 0 Å². The largest absolute Gasteiger partial charge is 0.368 e. The van der Waals surface area contributed by atoms with Gasteiger partial charge in [-0.15, -0.1) is 0 Å². The molecule has 0 aliphatic carbocycles. The second kappa shape index (κ2) is 6.88. The first-order valence-electron chi connectivity index (χ1n) is 6.40. The molecule has 0 spiro atoms. The zero-order chi connectivity index (χ0) is 13.5. The van der Waals surface area contributed by atoms with E-state index in [2.05, 4.69) is 10.6 Å². The molecule has 0 radical (unpaired) electrons. The maximum Gasteiger partial charge on any atom is 0.250 e. The Kier molecular flexibility index (Phi) is 4.90. The number of benzene rings is 1. The summed E-state index contributed by atoms with van der Waals surface area (Å²) in [5.41, 5.74) is 1.25. The van der Waals surface area contributed by atoms with Gasteiger partial charge in [-0.1, -0.05) is 0 Å². The van der Waals surface area contributed by atoms with Crippen LogP contribution in [0.3, 0.4) is 0 Å². The Morgan fingerprint density at radius 3 is 2.68 bits per heavy atom. The van der Waals surface area contributed by atoms with Gasteiger partial charge < -0.3 is 15.4 Å². The average Bonchev–Trinajstić information content (AvgIpc) is 2.47. The molecule has 0 atom stereocenters. The minimum atomic E-state index is -0.164. The molecule has 0 bridgehead atoms. The van der Waals surface area contributed by atoms with Crippen LogP contribution < -0.4 is 10.6 Å². The number of piperidine rings is 1. The van der Waals surface area contributed by atoms with Gasteiger partial charge in [0.1, 0.15) is 6.61 Å². The lowest BCUT2D eigenvalue weighted by atomic mass is 10.1. The van der Waals surface area contributed by atoms with Gasteiger partial charge >= 0.3 is 0 Å². The van der Waals surface area contributed by atoms with Gasteiger partial charge in [-0.25, -0.2) is 0 Å². The fourth-order valence-electron chi connectivity index (χ4n) is 1.98. The van der Waals surface area contributed by atoms with Crippen molar-refractivity contribution in [2.24, 2.45) is 0 Å². The van der Waals surface area contributed by atoms with Gasteiger partial charge in [-0.2, -0.15) is 5.26 Å². The van der Waals surface area contributed by atoms with Crippen molar-refractivity contribution in [3.8, 4) is 6.07 Å². The molecule has 0 aromatic heterocycles. The molecule has 5 nitrogen and oxygen atoms in total. The number of nitriles is 1. The van der Waals surface area contributed by atoms with Crippen LogP contribution in [-0.4, -0.2) is 31.7 Å². The number of nitrogens with one attached hydrogen (secondary N) is 2. The van der Waals surface area contributed by atoms with Crippen molar-refractivity contribution in [1.29, 1.82) is 5.26 Å². The predicted octanol–water partition coefficient (Wildman–Crippen LogP) is 1.27. The lowest BCUT2D eigenvalue weighted by Gasteiger charge is -2.22. The van der Waals surface area contributed by atoms with Gasteiger partial charge in [0.05, 0.1) is 17.7 Å². The lowest BCUT2D eigenvalue weighted by molar-refractivity contribution is -0.123. The summed E-state index contributed by atoms with van der Waals surface area (Å²) >= 11 is 0. The fraction of sp³-hybridized carbons (Fsp3) is 0.429. The van der Waals surface area contributed by atoms with Crippen molar-refractivity contribution in [2.75, 3.05) is 25.0 Å². The molecule has 1 heterocycles. The van der Waals surface area contributed by atoms with Crippen molar-refractivity contribution in [3.63, 3.8) is 0 Å². The number of hydrogen-bond acceptors (Lipinski definition) is 4. The van der Waals surface area contributed by atoms with Crippen molar-refractivity contribution < 1.29 is 9.53 Å². The maximum atomic E-state index is 11.7. The Morgan fingerprint density at radius 2 is 2.05 bits per heavy atom. The standard InChI is InChI=1S/C14H17N3O2/c15-9-11-1-3-12(4-2-11)17-14(18)10-19-13-5-7-16-8-6-13/h1-4,13,16H,5-8,10H2,(H,17,18). The molecule has 1 aromatic carbocycles. The second-order valence-electron chi connectivity index (χ2n) is 4.50. The Bertz CT molecular complexity index is 459. The third-order valence-electron chi connectivity index (χ3n) is 3.03. The molecule has 0 saturated carbocycles. The molecular weight excluding hydrogens is 242 g/mol. The summed E-state index contributed by atoms with van der Waals surface area (Å²) in [6, 6.07) is 8.79. The number of nitrogens with zero attached hydrogens (tertiary/aromatic N) is 1. The van der Waals surface area contributed by atoms with E-state index in [9.17, 15) is 4.79 Å². The van der Waals surface area contributed by atoms with Crippen molar-refractivity contribution in [3.05, 3.63) is 29.8 Å². The zero-order valence-corrected chi connectivity index (χ0v) is 10.7. The Balaban J connectivity index is 1.75. The van der Waals surface area contributed by atoms with E-state index in [0.717, 1.165) is 25.9 Å². The minimum Gasteiger partial charge on any atom is -0.368 e. The fourth-order valence-corrected chi connectivity index (χ4v) is 1.98. The second-order valence-corrected chi connectivity index (χ2v) is 4.50. The van der Waals surface area contributed by atoms with Gasteiger partial charge in [0.2, 0.25) is 5.91 Å². The normalized spacial score (nSPS) is 15.7. The van der Waals surface area contributed by atoms with E-state index in [1.807, 2.05) is 6.07 Å². The molecule has 0 unspecified atom stereocenters. The molecule has 1 aromatic rings. The number of ether oxygens (including phenoxy) is 1. The molecule has 1 aliphatic rings. The van der Waals surface area contributed by atoms with Crippen LogP contribution in [0.25, 0.3) is 0 Å². The van der Waals surface area contributed by atoms with E-state index in [0.29, 0.717) is 11.3 Å². The van der Waals surface area contributed by atoms with Crippen LogP contribution in [0, 0.1) is 11.3 Å². The number of carbonyl (C=O) groups is 1. The molecule has 1 aliphatic heterocycles. The number of hydrogen-bond donors (Lipinski definition) is 2. The Morgan fingerprint density at radius 1 is 1.37 bits per heavy atom. The predicted molar refractivity (Wildman–Crippen MR) is 71.6 cm³/mol. The van der Waals surface area contributed by atoms with Crippen molar-refractivity contribution >= 4 is 11.6 Å². The highest BCUT2D eigenvalue weighted by Gasteiger charge is 2.14. The van der Waals surface area contributed by atoms with E-state index >= 15 is 0 Å². The van der Waals surface area contributed by atoms with Crippen LogP contribution in [0.1, 0.15) is 18.4 Å². The summed E-state index contributed by atoms with van der Waals surface area (Å²) < 4.78 is 5.56. The minimum absolute atomic E-state index is 0.0741. The van der Waals surface area contributed by atoms with E-state index in [4.69, 9.17) is 10.00 Å². The Labute approximate surface area is 112 Å². The summed E-state index contributed by atoms with van der Waals surface area (Å²) in [4.78, 5) is 11.7. The molecule has 2 N–H and O–H groups in total. The molecule has 1 amide bonds. The summed E-state index contributed by atoms with van der Waals surface area (Å²) in [6.07, 6.45) is 2.07. The van der Waals surface area contributed by atoms with Gasteiger partial charge in [-0.3, -0.25) is 4.79 Å². The van der Waals surface area contributed by atoms with Crippen LogP contribution in [-0.2, 0) is 9.53 Å². The molecule has 2 rings (SSSR count). The third-order valence-corrected chi connectivity index (χ3v) is 3.03. The monoisotopic (exact) mass is 259 g/mol. The SMILES string of the molecule is N#Cc1ccc(NC(=O)COC2CCNCC2)cc1. The van der Waals surface area contributed by atoms with Gasteiger partial charge in [0.15, 0.2) is 0 Å². The number of rotatable bonds is 4. The molecule has 1 saturated heterocycles. The summed E-state index contributed by atoms with van der Waals surface area (Å²) in [5, 5.41) is 14.7. The molecule has 19 heavy (non-hydrogen) atoms. The lowest BCUT2D eigenvalue weighted by Crippen LogP contribution is -2.34. The topological polar surface area (TPSA) is 74.2 Å². The summed E-state index contributed by atoms with van der Waals surface area (Å²) in [6.45, 7) is 1.97. The van der Waals surface area contributed by atoms with E-state index in [-0.39, 0.29) is 18.6 Å². The molecule has 1 fully saturated rings. The number of anilines is 1. The Hall–Kier alpha value is -1.90. The van der Waals surface area contributed by atoms with E-state index in [1.165, 1.54) is 0 Å². The highest BCUT2D eigenvalue weighted by Crippen LogP contribution is 2.10. The smallest absolute Gasteiger partial charge is 0.250 e. The highest BCUT2D eigenvalue weighted by molar-refractivity contribution is 5.91. The molecular formula is C14H17N3O2. The zero-order valence-electron chi connectivity index (χ0n) is 10.7. The first-order valence-corrected chi connectivity index (χ1v) is 6.40. The van der Waals surface area contributed by atoms with Gasteiger partial charge in [0, 0.05) is 5.69 Å². The average molecular weight is 259 g/mol. The third kappa shape index (κ3) is 4.36. The molecule has 5 heteroatoms. The first kappa shape index (κ1) is 13.5. The van der Waals surface area contributed by atoms with Crippen LogP contribution in [0.4, 0.5) is 5.69 Å². The van der Waals surface area contributed by atoms with Crippen LogP contribution in [0.5, 0.6) is 0 Å². The maximum absolute atomic E-state index is 11.7. The summed E-state index contributed by atoms with van der Waals surface area (Å²) in [7, 11) is 0. The number of carbonyl (C=O) groups excluding carboxylic acids is 1. The summed E-state index contributed by atoms with van der Waals surface area (Å²) in [5.74, 6) is -0.164. The van der Waals surface area contributed by atoms with Crippen molar-refractivity contribution in [2.45, 2.75) is 18.9 Å². The van der Waals surface area contributed by atoms with Crippen LogP contribution in [0.2, 0.25) is 0 Å². The highest BCUT2D eigenvalue weighted by atomic mass is 16.5.